The first-order valence-corrected chi connectivity index (χ1v) is 6.05. The highest BCUT2D eigenvalue weighted by atomic mass is 16.5. The molecule has 0 saturated heterocycles. The normalized spacial score (nSPS) is 12.6. The summed E-state index contributed by atoms with van der Waals surface area (Å²) in [7, 11) is 7.31. The first kappa shape index (κ1) is 14.8. The first-order valence-electron chi connectivity index (χ1n) is 6.05. The predicted octanol–water partition coefficient (Wildman–Crippen LogP) is 2.00. The van der Waals surface area contributed by atoms with Gasteiger partial charge in [-0.25, -0.2) is 0 Å². The predicted molar refractivity (Wildman–Crippen MR) is 72.4 cm³/mol. The minimum absolute atomic E-state index is 0.135. The monoisotopic (exact) mass is 253 g/mol. The van der Waals surface area contributed by atoms with E-state index < -0.39 is 0 Å². The van der Waals surface area contributed by atoms with E-state index >= 15 is 0 Å². The fourth-order valence-corrected chi connectivity index (χ4v) is 2.23. The Hall–Kier alpha value is -1.26. The third-order valence-electron chi connectivity index (χ3n) is 3.14. The number of nitrogens with zero attached hydrogens (tertiary/aromatic N) is 1. The molecule has 1 unspecified atom stereocenters. The van der Waals surface area contributed by atoms with Crippen LogP contribution in [0.15, 0.2) is 12.1 Å². The number of aryl methyl sites for hydroxylation is 1. The van der Waals surface area contributed by atoms with E-state index in [0.29, 0.717) is 6.42 Å². The molecule has 0 aliphatic rings. The number of hydrogen-bond acceptors (Lipinski definition) is 4. The second-order valence-corrected chi connectivity index (χ2v) is 4.55. The van der Waals surface area contributed by atoms with E-state index in [9.17, 15) is 5.11 Å². The van der Waals surface area contributed by atoms with Crippen LogP contribution in [-0.4, -0.2) is 44.9 Å². The van der Waals surface area contributed by atoms with Crippen LogP contribution in [0.25, 0.3) is 0 Å². The smallest absolute Gasteiger partial charge is 0.127 e. The maximum Gasteiger partial charge on any atom is 0.127 e. The number of ether oxygens (including phenoxy) is 2. The molecule has 0 aliphatic carbocycles. The molecule has 1 atom stereocenters. The number of benzene rings is 1. The van der Waals surface area contributed by atoms with Crippen LogP contribution in [0.4, 0.5) is 0 Å². The van der Waals surface area contributed by atoms with Crippen LogP contribution in [-0.2, 0) is 0 Å². The molecule has 0 spiro atoms. The Kier molecular flexibility index (Phi) is 5.44. The minimum Gasteiger partial charge on any atom is -0.497 e. The molecule has 4 heteroatoms. The van der Waals surface area contributed by atoms with Crippen molar-refractivity contribution < 1.29 is 14.6 Å². The molecule has 1 aromatic carbocycles. The average molecular weight is 253 g/mol. The summed E-state index contributed by atoms with van der Waals surface area (Å²) in [6, 6.07) is 4.01. The largest absolute Gasteiger partial charge is 0.497 e. The second-order valence-electron chi connectivity index (χ2n) is 4.55. The highest BCUT2D eigenvalue weighted by molar-refractivity contribution is 5.48. The van der Waals surface area contributed by atoms with Gasteiger partial charge in [0.15, 0.2) is 0 Å². The molecular formula is C14H23NO3. The lowest BCUT2D eigenvalue weighted by molar-refractivity contribution is 0.207. The van der Waals surface area contributed by atoms with Crippen molar-refractivity contribution in [2.75, 3.05) is 34.9 Å². The zero-order chi connectivity index (χ0) is 13.7. The van der Waals surface area contributed by atoms with Crippen molar-refractivity contribution in [3.8, 4) is 11.5 Å². The molecule has 0 amide bonds. The van der Waals surface area contributed by atoms with Gasteiger partial charge in [-0.05, 0) is 39.1 Å². The Morgan fingerprint density at radius 3 is 2.33 bits per heavy atom. The van der Waals surface area contributed by atoms with Crippen LogP contribution in [0.2, 0.25) is 0 Å². The van der Waals surface area contributed by atoms with Crippen molar-refractivity contribution in [3.05, 3.63) is 23.3 Å². The van der Waals surface area contributed by atoms with Gasteiger partial charge in [-0.1, -0.05) is 0 Å². The fourth-order valence-electron chi connectivity index (χ4n) is 2.23. The molecule has 0 radical (unpaired) electrons. The maximum absolute atomic E-state index is 9.21. The Morgan fingerprint density at radius 1 is 1.22 bits per heavy atom. The lowest BCUT2D eigenvalue weighted by atomic mass is 9.96. The standard InChI is InChI=1S/C14H23NO3/c1-10-8-11(17-4)9-13(18-5)14(10)12(6-7-16)15(2)3/h8-9,12,16H,6-7H2,1-5H3. The van der Waals surface area contributed by atoms with Crippen molar-refractivity contribution >= 4 is 0 Å². The summed E-state index contributed by atoms with van der Waals surface area (Å²) in [6.45, 7) is 2.19. The Morgan fingerprint density at radius 2 is 1.89 bits per heavy atom. The summed E-state index contributed by atoms with van der Waals surface area (Å²) < 4.78 is 10.7. The maximum atomic E-state index is 9.21. The summed E-state index contributed by atoms with van der Waals surface area (Å²) in [5.74, 6) is 1.59. The third kappa shape index (κ3) is 3.15. The van der Waals surface area contributed by atoms with Crippen molar-refractivity contribution in [3.63, 3.8) is 0 Å². The molecule has 4 nitrogen and oxygen atoms in total. The molecule has 0 saturated carbocycles. The molecule has 1 N–H and O–H groups in total. The van der Waals surface area contributed by atoms with Crippen molar-refractivity contribution in [1.29, 1.82) is 0 Å². The number of aliphatic hydroxyl groups excluding tert-OH is 1. The lowest BCUT2D eigenvalue weighted by Crippen LogP contribution is -2.22. The summed E-state index contributed by atoms with van der Waals surface area (Å²) >= 11 is 0. The molecule has 0 aromatic heterocycles. The quantitative estimate of drug-likeness (QED) is 0.842. The summed E-state index contributed by atoms with van der Waals surface area (Å²) in [5.41, 5.74) is 2.22. The topological polar surface area (TPSA) is 41.9 Å². The first-order chi connectivity index (χ1) is 8.54. The van der Waals surface area contributed by atoms with Gasteiger partial charge in [-0.2, -0.15) is 0 Å². The molecule has 0 aliphatic heterocycles. The number of methoxy groups -OCH3 is 2. The Bertz CT molecular complexity index is 391. The van der Waals surface area contributed by atoms with Gasteiger partial charge in [-0.15, -0.1) is 0 Å². The summed E-state index contributed by atoms with van der Waals surface area (Å²) in [5, 5.41) is 9.21. The second kappa shape index (κ2) is 6.61. The number of rotatable bonds is 6. The van der Waals surface area contributed by atoms with Gasteiger partial charge >= 0.3 is 0 Å². The highest BCUT2D eigenvalue weighted by Crippen LogP contribution is 2.36. The average Bonchev–Trinajstić information content (AvgIpc) is 2.35. The van der Waals surface area contributed by atoms with E-state index in [-0.39, 0.29) is 12.6 Å². The zero-order valence-electron chi connectivity index (χ0n) is 11.9. The van der Waals surface area contributed by atoms with E-state index in [0.717, 1.165) is 22.6 Å². The van der Waals surface area contributed by atoms with E-state index in [1.165, 1.54) is 0 Å². The van der Waals surface area contributed by atoms with E-state index in [1.54, 1.807) is 14.2 Å². The van der Waals surface area contributed by atoms with Gasteiger partial charge < -0.3 is 19.5 Å². The van der Waals surface area contributed by atoms with Crippen LogP contribution >= 0.6 is 0 Å². The molecule has 1 rings (SSSR count). The molecule has 1 aromatic rings. The lowest BCUT2D eigenvalue weighted by Gasteiger charge is -2.27. The van der Waals surface area contributed by atoms with Gasteiger partial charge in [0, 0.05) is 24.3 Å². The van der Waals surface area contributed by atoms with E-state index in [4.69, 9.17) is 9.47 Å². The van der Waals surface area contributed by atoms with Crippen molar-refractivity contribution in [1.82, 2.24) is 4.90 Å². The molecular weight excluding hydrogens is 230 g/mol. The van der Waals surface area contributed by atoms with Gasteiger partial charge in [-0.3, -0.25) is 0 Å². The molecule has 0 fully saturated rings. The Balaban J connectivity index is 3.27. The van der Waals surface area contributed by atoms with Crippen molar-refractivity contribution in [2.24, 2.45) is 0 Å². The van der Waals surface area contributed by atoms with Gasteiger partial charge in [0.1, 0.15) is 11.5 Å². The fraction of sp³-hybridized carbons (Fsp3) is 0.571. The van der Waals surface area contributed by atoms with Crippen LogP contribution in [0.5, 0.6) is 11.5 Å². The SMILES string of the molecule is COc1cc(C)c(C(CCO)N(C)C)c(OC)c1. The van der Waals surface area contributed by atoms with Gasteiger partial charge in [0.25, 0.3) is 0 Å². The van der Waals surface area contributed by atoms with Gasteiger partial charge in [0.2, 0.25) is 0 Å². The summed E-state index contributed by atoms with van der Waals surface area (Å²) in [4.78, 5) is 2.09. The minimum atomic E-state index is 0.135. The Labute approximate surface area is 109 Å². The zero-order valence-corrected chi connectivity index (χ0v) is 11.9. The highest BCUT2D eigenvalue weighted by Gasteiger charge is 2.21. The van der Waals surface area contributed by atoms with E-state index in [1.807, 2.05) is 33.2 Å². The molecule has 18 heavy (non-hydrogen) atoms. The van der Waals surface area contributed by atoms with Crippen molar-refractivity contribution in [2.45, 2.75) is 19.4 Å². The number of hydrogen-bond donors (Lipinski definition) is 1. The summed E-state index contributed by atoms with van der Waals surface area (Å²) in [6.07, 6.45) is 0.677. The molecule has 102 valence electrons. The molecule has 0 heterocycles. The van der Waals surface area contributed by atoms with Gasteiger partial charge in [0.05, 0.1) is 14.2 Å². The van der Waals surface area contributed by atoms with Crippen LogP contribution < -0.4 is 9.47 Å². The van der Waals surface area contributed by atoms with E-state index in [2.05, 4.69) is 4.90 Å². The molecule has 0 bridgehead atoms. The van der Waals surface area contributed by atoms with Crippen LogP contribution in [0.3, 0.4) is 0 Å². The third-order valence-corrected chi connectivity index (χ3v) is 3.14. The van der Waals surface area contributed by atoms with Crippen LogP contribution in [0, 0.1) is 6.92 Å². The number of aliphatic hydroxyl groups is 1. The van der Waals surface area contributed by atoms with Crippen LogP contribution in [0.1, 0.15) is 23.6 Å².